The van der Waals surface area contributed by atoms with Gasteiger partial charge >= 0.3 is 5.97 Å². The minimum absolute atomic E-state index is 0.226. The molecule has 1 heterocycles. The number of ether oxygens (including phenoxy) is 1. The number of rotatable bonds is 5. The van der Waals surface area contributed by atoms with Gasteiger partial charge in [0.25, 0.3) is 0 Å². The summed E-state index contributed by atoms with van der Waals surface area (Å²) in [6, 6.07) is 0. The molecule has 0 spiro atoms. The van der Waals surface area contributed by atoms with Crippen molar-refractivity contribution in [3.8, 4) is 0 Å². The van der Waals surface area contributed by atoms with E-state index in [1.807, 2.05) is 19.1 Å². The fourth-order valence-corrected chi connectivity index (χ4v) is 2.96. The SMILES string of the molecule is CC1=CC[C@H](/C(C)=C/CC[C@](C)(O)/C=C2/C(=O)C(C)=C[C@@H]2O)OC1=O. The van der Waals surface area contributed by atoms with Gasteiger partial charge in [0.15, 0.2) is 5.78 Å². The molecule has 0 fully saturated rings. The second-order valence-electron chi connectivity index (χ2n) is 7.08. The molecule has 2 rings (SSSR count). The molecule has 0 amide bonds. The van der Waals surface area contributed by atoms with Crippen molar-refractivity contribution in [1.29, 1.82) is 0 Å². The first-order valence-electron chi connectivity index (χ1n) is 8.51. The van der Waals surface area contributed by atoms with E-state index in [-0.39, 0.29) is 23.4 Å². The number of cyclic esters (lactones) is 1. The van der Waals surface area contributed by atoms with Crippen molar-refractivity contribution in [1.82, 2.24) is 0 Å². The number of esters is 1. The van der Waals surface area contributed by atoms with Gasteiger partial charge in [-0.2, -0.15) is 0 Å². The first-order chi connectivity index (χ1) is 11.6. The van der Waals surface area contributed by atoms with Crippen LogP contribution >= 0.6 is 0 Å². The van der Waals surface area contributed by atoms with E-state index in [9.17, 15) is 19.8 Å². The summed E-state index contributed by atoms with van der Waals surface area (Å²) in [4.78, 5) is 23.6. The second-order valence-corrected chi connectivity index (χ2v) is 7.08. The molecule has 0 aromatic carbocycles. The summed E-state index contributed by atoms with van der Waals surface area (Å²) >= 11 is 0. The van der Waals surface area contributed by atoms with Gasteiger partial charge in [-0.1, -0.05) is 12.2 Å². The molecule has 136 valence electrons. The molecule has 2 aliphatic rings. The number of hydrogen-bond acceptors (Lipinski definition) is 5. The summed E-state index contributed by atoms with van der Waals surface area (Å²) < 4.78 is 5.36. The zero-order chi connectivity index (χ0) is 18.8. The molecule has 5 nitrogen and oxygen atoms in total. The maximum absolute atomic E-state index is 12.0. The van der Waals surface area contributed by atoms with Gasteiger partial charge in [0, 0.05) is 17.6 Å². The molecule has 1 aliphatic carbocycles. The van der Waals surface area contributed by atoms with Crippen molar-refractivity contribution in [3.63, 3.8) is 0 Å². The van der Waals surface area contributed by atoms with Crippen molar-refractivity contribution in [2.24, 2.45) is 0 Å². The molecule has 0 saturated heterocycles. The van der Waals surface area contributed by atoms with Crippen LogP contribution in [0.1, 0.15) is 47.0 Å². The van der Waals surface area contributed by atoms with Gasteiger partial charge in [0.1, 0.15) is 12.2 Å². The van der Waals surface area contributed by atoms with Crippen LogP contribution in [0.3, 0.4) is 0 Å². The Kier molecular flexibility index (Phi) is 5.80. The summed E-state index contributed by atoms with van der Waals surface area (Å²) in [6.07, 6.45) is 7.15. The quantitative estimate of drug-likeness (QED) is 0.454. The number of carbonyl (C=O) groups excluding carboxylic acids is 2. The summed E-state index contributed by atoms with van der Waals surface area (Å²) in [7, 11) is 0. The van der Waals surface area contributed by atoms with Crippen LogP contribution in [0.25, 0.3) is 0 Å². The van der Waals surface area contributed by atoms with Crippen molar-refractivity contribution in [2.45, 2.75) is 64.8 Å². The van der Waals surface area contributed by atoms with Crippen LogP contribution in [0.15, 0.2) is 46.6 Å². The van der Waals surface area contributed by atoms with Gasteiger partial charge in [-0.3, -0.25) is 4.79 Å². The average Bonchev–Trinajstić information content (AvgIpc) is 2.76. The predicted molar refractivity (Wildman–Crippen MR) is 94.7 cm³/mol. The fraction of sp³-hybridized carbons (Fsp3) is 0.500. The third-order valence-electron chi connectivity index (χ3n) is 4.65. The standard InChI is InChI=1S/C20H26O5/c1-12(17-8-7-13(2)19(23)25-17)6-5-9-20(4,24)11-15-16(21)10-14(3)18(15)22/h6-7,10-11,16-17,21,24H,5,8-9H2,1-4H3/b12-6+,15-11+/t16-,17+,20-/m0/s1. The minimum atomic E-state index is -1.21. The summed E-state index contributed by atoms with van der Waals surface area (Å²) in [6.45, 7) is 6.90. The lowest BCUT2D eigenvalue weighted by Gasteiger charge is -2.23. The van der Waals surface area contributed by atoms with Crippen LogP contribution in [0, 0.1) is 0 Å². The highest BCUT2D eigenvalue weighted by atomic mass is 16.5. The van der Waals surface area contributed by atoms with Crippen LogP contribution in [0.5, 0.6) is 0 Å². The maximum Gasteiger partial charge on any atom is 0.333 e. The van der Waals surface area contributed by atoms with Gasteiger partial charge in [0.05, 0.1) is 5.60 Å². The Hall–Kier alpha value is -1.98. The van der Waals surface area contributed by atoms with Crippen LogP contribution < -0.4 is 0 Å². The molecule has 0 bridgehead atoms. The van der Waals surface area contributed by atoms with Crippen molar-refractivity contribution in [2.75, 3.05) is 0 Å². The monoisotopic (exact) mass is 346 g/mol. The normalized spacial score (nSPS) is 28.6. The molecule has 2 N–H and O–H groups in total. The van der Waals surface area contributed by atoms with E-state index < -0.39 is 11.7 Å². The Morgan fingerprint density at radius 2 is 2.04 bits per heavy atom. The Labute approximate surface area is 148 Å². The van der Waals surface area contributed by atoms with Gasteiger partial charge in [-0.05, 0) is 63.8 Å². The number of hydrogen-bond donors (Lipinski definition) is 2. The highest BCUT2D eigenvalue weighted by Crippen LogP contribution is 2.26. The summed E-state index contributed by atoms with van der Waals surface area (Å²) in [5, 5.41) is 20.4. The molecule has 0 unspecified atom stereocenters. The van der Waals surface area contributed by atoms with E-state index in [1.165, 1.54) is 12.2 Å². The van der Waals surface area contributed by atoms with E-state index >= 15 is 0 Å². The predicted octanol–water partition coefficient (Wildman–Crippen LogP) is 2.54. The van der Waals surface area contributed by atoms with E-state index in [1.54, 1.807) is 20.8 Å². The lowest BCUT2D eigenvalue weighted by molar-refractivity contribution is -0.143. The fourth-order valence-electron chi connectivity index (χ4n) is 2.96. The molecule has 0 aromatic heterocycles. The topological polar surface area (TPSA) is 83.8 Å². The van der Waals surface area contributed by atoms with Crippen molar-refractivity contribution >= 4 is 11.8 Å². The molecule has 0 radical (unpaired) electrons. The molecule has 3 atom stereocenters. The lowest BCUT2D eigenvalue weighted by atomic mass is 9.93. The first-order valence-corrected chi connectivity index (χ1v) is 8.51. The van der Waals surface area contributed by atoms with Crippen LogP contribution in [-0.2, 0) is 14.3 Å². The van der Waals surface area contributed by atoms with E-state index in [4.69, 9.17) is 4.74 Å². The number of carbonyl (C=O) groups is 2. The van der Waals surface area contributed by atoms with Crippen LogP contribution in [0.2, 0.25) is 0 Å². The van der Waals surface area contributed by atoms with Gasteiger partial charge in [-0.25, -0.2) is 4.79 Å². The number of Topliss-reactive ketones (excluding diaryl/α,β-unsaturated/α-hetero) is 1. The Balaban J connectivity index is 1.96. The van der Waals surface area contributed by atoms with Crippen molar-refractivity contribution < 1.29 is 24.5 Å². The number of ketones is 1. The highest BCUT2D eigenvalue weighted by molar-refractivity contribution is 6.11. The Bertz CT molecular complexity index is 691. The largest absolute Gasteiger partial charge is 0.454 e. The van der Waals surface area contributed by atoms with Gasteiger partial charge in [-0.15, -0.1) is 0 Å². The molecule has 0 aromatic rings. The molecular weight excluding hydrogens is 320 g/mol. The molecule has 5 heteroatoms. The number of aliphatic hydroxyl groups is 2. The molecule has 25 heavy (non-hydrogen) atoms. The summed E-state index contributed by atoms with van der Waals surface area (Å²) in [5.74, 6) is -0.520. The number of aliphatic hydroxyl groups excluding tert-OH is 1. The third kappa shape index (κ3) is 4.77. The van der Waals surface area contributed by atoms with Crippen LogP contribution in [0.4, 0.5) is 0 Å². The van der Waals surface area contributed by atoms with Gasteiger partial charge in [0.2, 0.25) is 0 Å². The maximum atomic E-state index is 12.0. The second kappa shape index (κ2) is 7.50. The average molecular weight is 346 g/mol. The van der Waals surface area contributed by atoms with Gasteiger partial charge < -0.3 is 14.9 Å². The Morgan fingerprint density at radius 1 is 1.36 bits per heavy atom. The Morgan fingerprint density at radius 3 is 2.60 bits per heavy atom. The zero-order valence-electron chi connectivity index (χ0n) is 15.2. The lowest BCUT2D eigenvalue weighted by Crippen LogP contribution is -2.25. The van der Waals surface area contributed by atoms with Crippen molar-refractivity contribution in [3.05, 3.63) is 46.6 Å². The van der Waals surface area contributed by atoms with E-state index in [0.717, 1.165) is 5.57 Å². The summed E-state index contributed by atoms with van der Waals surface area (Å²) in [5.41, 5.74) is 1.08. The van der Waals surface area contributed by atoms with E-state index in [2.05, 4.69) is 0 Å². The molecule has 1 aliphatic heterocycles. The highest BCUT2D eigenvalue weighted by Gasteiger charge is 2.29. The number of allylic oxidation sites excluding steroid dienone is 2. The smallest absolute Gasteiger partial charge is 0.333 e. The minimum Gasteiger partial charge on any atom is -0.454 e. The van der Waals surface area contributed by atoms with Crippen LogP contribution in [-0.4, -0.2) is 39.8 Å². The third-order valence-corrected chi connectivity index (χ3v) is 4.65. The van der Waals surface area contributed by atoms with E-state index in [0.29, 0.717) is 30.4 Å². The molecule has 0 saturated carbocycles. The molecular formula is C20H26O5. The zero-order valence-corrected chi connectivity index (χ0v) is 15.2. The first kappa shape index (κ1) is 19.3.